The molecule has 0 saturated heterocycles. The maximum Gasteiger partial charge on any atom is 0.306 e. The van der Waals surface area contributed by atoms with Crippen molar-refractivity contribution in [2.75, 3.05) is 19.8 Å². The summed E-state index contributed by atoms with van der Waals surface area (Å²) in [6.45, 7) is 7.66. The van der Waals surface area contributed by atoms with E-state index in [-0.39, 0.29) is 25.2 Å². The molecule has 0 rings (SSSR count). The van der Waals surface area contributed by atoms with Crippen LogP contribution in [0.4, 0.5) is 0 Å². The van der Waals surface area contributed by atoms with Gasteiger partial charge in [0.1, 0.15) is 6.61 Å². The summed E-state index contributed by atoms with van der Waals surface area (Å²) in [7, 11) is 0. The van der Waals surface area contributed by atoms with Crippen molar-refractivity contribution in [3.8, 4) is 0 Å². The van der Waals surface area contributed by atoms with Gasteiger partial charge in [0.25, 0.3) is 0 Å². The molecule has 0 amide bonds. The van der Waals surface area contributed by atoms with Crippen LogP contribution in [0.2, 0.25) is 0 Å². The minimum atomic E-state index is -0.555. The van der Waals surface area contributed by atoms with E-state index < -0.39 is 6.10 Å². The Morgan fingerprint density at radius 3 is 1.00 bits per heavy atom. The topological polar surface area (TPSA) is 61.8 Å². The predicted octanol–water partition coefficient (Wildman–Crippen LogP) is 21.4. The zero-order valence-corrected chi connectivity index (χ0v) is 47.7. The highest BCUT2D eigenvalue weighted by Gasteiger charge is 2.17. The second-order valence-corrected chi connectivity index (χ2v) is 20.2. The number of carbonyl (C=O) groups excluding carboxylic acids is 2. The van der Waals surface area contributed by atoms with Gasteiger partial charge in [-0.1, -0.05) is 253 Å². The molecule has 0 bridgehead atoms. The average molecular weight is 1000 g/mol. The van der Waals surface area contributed by atoms with Gasteiger partial charge in [-0.05, 0) is 122 Å². The van der Waals surface area contributed by atoms with Crippen LogP contribution in [0, 0.1) is 0 Å². The number of hydrogen-bond donors (Lipinski definition) is 0. The van der Waals surface area contributed by atoms with E-state index in [9.17, 15) is 9.59 Å². The molecule has 0 saturated carbocycles. The molecule has 5 nitrogen and oxygen atoms in total. The summed E-state index contributed by atoms with van der Waals surface area (Å²) in [5.74, 6) is -0.419. The molecule has 0 aliphatic heterocycles. The fraction of sp³-hybridized carbons (Fsp3) is 0.731. The molecule has 414 valence electrons. The molecular weight excluding hydrogens is 885 g/mol. The van der Waals surface area contributed by atoms with E-state index in [0.717, 1.165) is 103 Å². The highest BCUT2D eigenvalue weighted by Crippen LogP contribution is 2.15. The third-order valence-electron chi connectivity index (χ3n) is 13.1. The Morgan fingerprint density at radius 1 is 0.319 bits per heavy atom. The fourth-order valence-corrected chi connectivity index (χ4v) is 8.50. The number of allylic oxidation sites excluding steroid dienone is 16. The van der Waals surface area contributed by atoms with Crippen molar-refractivity contribution < 1.29 is 23.8 Å². The molecule has 0 heterocycles. The Balaban J connectivity index is 4.33. The maximum atomic E-state index is 12.9. The van der Waals surface area contributed by atoms with Crippen LogP contribution in [0.5, 0.6) is 0 Å². The smallest absolute Gasteiger partial charge is 0.306 e. The first kappa shape index (κ1) is 68.8. The molecule has 0 radical (unpaired) electrons. The zero-order valence-electron chi connectivity index (χ0n) is 47.7. The van der Waals surface area contributed by atoms with Gasteiger partial charge in [-0.15, -0.1) is 0 Å². The van der Waals surface area contributed by atoms with Crippen molar-refractivity contribution in [1.29, 1.82) is 0 Å². The summed E-state index contributed by atoms with van der Waals surface area (Å²) in [4.78, 5) is 25.6. The Labute approximate surface area is 447 Å². The van der Waals surface area contributed by atoms with Crippen LogP contribution in [0.3, 0.4) is 0 Å². The third-order valence-corrected chi connectivity index (χ3v) is 13.1. The molecule has 0 N–H and O–H groups in total. The van der Waals surface area contributed by atoms with E-state index in [2.05, 4.69) is 118 Å². The second-order valence-electron chi connectivity index (χ2n) is 20.2. The SMILES string of the molecule is CC/C=C\C/C=C\C/C=C\CCCCCCCCCC(=O)OC(COCCCCCCCCCCCC/C=C\C/C=C\CCCCC)COC(=O)CCCCCCCC/C=C\C/C=C\C/C=C\CCCCC. The van der Waals surface area contributed by atoms with Gasteiger partial charge < -0.3 is 14.2 Å². The number of carbonyl (C=O) groups is 2. The lowest BCUT2D eigenvalue weighted by molar-refractivity contribution is -0.163. The van der Waals surface area contributed by atoms with E-state index in [1.54, 1.807) is 0 Å². The Bertz CT molecular complexity index is 1360. The first-order chi connectivity index (χ1) is 35.6. The molecule has 0 aliphatic carbocycles. The summed E-state index contributed by atoms with van der Waals surface area (Å²) in [6.07, 6.45) is 84.3. The number of esters is 2. The lowest BCUT2D eigenvalue weighted by atomic mass is 10.1. The van der Waals surface area contributed by atoms with Crippen LogP contribution in [0.1, 0.15) is 290 Å². The van der Waals surface area contributed by atoms with Crippen LogP contribution >= 0.6 is 0 Å². The summed E-state index contributed by atoms with van der Waals surface area (Å²) in [5, 5.41) is 0. The van der Waals surface area contributed by atoms with Crippen molar-refractivity contribution >= 4 is 11.9 Å². The van der Waals surface area contributed by atoms with Crippen LogP contribution in [0.25, 0.3) is 0 Å². The van der Waals surface area contributed by atoms with Gasteiger partial charge in [-0.2, -0.15) is 0 Å². The minimum absolute atomic E-state index is 0.0696. The van der Waals surface area contributed by atoms with Crippen LogP contribution in [-0.2, 0) is 23.8 Å². The van der Waals surface area contributed by atoms with E-state index in [4.69, 9.17) is 14.2 Å². The fourth-order valence-electron chi connectivity index (χ4n) is 8.50. The lowest BCUT2D eigenvalue weighted by Crippen LogP contribution is -2.30. The van der Waals surface area contributed by atoms with Gasteiger partial charge in [-0.25, -0.2) is 0 Å². The van der Waals surface area contributed by atoms with Gasteiger partial charge >= 0.3 is 11.9 Å². The standard InChI is InChI=1S/C67H116O5/c1-4-7-10-13-16-19-22-25-28-31-33-35-38-41-44-47-50-53-56-59-62-70-63-65(72-67(69)61-58-55-52-49-46-43-40-36-30-27-24-21-18-15-12-9-6-3)64-71-66(68)60-57-54-51-48-45-42-39-37-34-32-29-26-23-20-17-14-11-8-5-2/h9,12,16-21,25-30,34,37,65H,4-8,10-11,13-15,22-24,31-33,35-36,38-64H2,1-3H3/b12-9-,19-16-,20-17-,21-18-,28-25-,29-26-,30-27-,37-34-. The number of ether oxygens (including phenoxy) is 3. The summed E-state index contributed by atoms with van der Waals surface area (Å²) in [5.41, 5.74) is 0. The molecule has 72 heavy (non-hydrogen) atoms. The predicted molar refractivity (Wildman–Crippen MR) is 316 cm³/mol. The monoisotopic (exact) mass is 1000 g/mol. The molecule has 5 heteroatoms. The number of rotatable bonds is 56. The van der Waals surface area contributed by atoms with Gasteiger partial charge in [0, 0.05) is 19.4 Å². The molecular formula is C67H116O5. The normalized spacial score (nSPS) is 12.9. The third kappa shape index (κ3) is 59.4. The molecule has 1 unspecified atom stereocenters. The van der Waals surface area contributed by atoms with E-state index in [0.29, 0.717) is 19.4 Å². The average Bonchev–Trinajstić information content (AvgIpc) is 3.38. The molecule has 1 atom stereocenters. The van der Waals surface area contributed by atoms with Crippen LogP contribution in [-0.4, -0.2) is 37.9 Å². The van der Waals surface area contributed by atoms with Crippen LogP contribution in [0.15, 0.2) is 97.2 Å². The first-order valence-corrected chi connectivity index (χ1v) is 30.8. The Morgan fingerprint density at radius 2 is 0.625 bits per heavy atom. The van der Waals surface area contributed by atoms with Crippen molar-refractivity contribution in [2.24, 2.45) is 0 Å². The minimum Gasteiger partial charge on any atom is -0.462 e. The molecule has 0 aromatic rings. The van der Waals surface area contributed by atoms with Crippen LogP contribution < -0.4 is 0 Å². The van der Waals surface area contributed by atoms with Crippen molar-refractivity contribution in [2.45, 2.75) is 297 Å². The van der Waals surface area contributed by atoms with Gasteiger partial charge in [0.15, 0.2) is 6.10 Å². The van der Waals surface area contributed by atoms with E-state index >= 15 is 0 Å². The highest BCUT2D eigenvalue weighted by atomic mass is 16.6. The van der Waals surface area contributed by atoms with E-state index in [1.807, 2.05) is 0 Å². The largest absolute Gasteiger partial charge is 0.462 e. The van der Waals surface area contributed by atoms with Gasteiger partial charge in [-0.3, -0.25) is 9.59 Å². The first-order valence-electron chi connectivity index (χ1n) is 30.8. The Kier molecular flexibility index (Phi) is 59.4. The van der Waals surface area contributed by atoms with Crippen molar-refractivity contribution in [3.05, 3.63) is 97.2 Å². The zero-order chi connectivity index (χ0) is 52.0. The quantitative estimate of drug-likeness (QED) is 0.0345. The molecule has 0 fully saturated rings. The summed E-state index contributed by atoms with van der Waals surface area (Å²) in [6, 6.07) is 0. The second kappa shape index (κ2) is 62.1. The van der Waals surface area contributed by atoms with Crippen molar-refractivity contribution in [3.63, 3.8) is 0 Å². The maximum absolute atomic E-state index is 12.9. The molecule has 0 aliphatic rings. The summed E-state index contributed by atoms with van der Waals surface area (Å²) >= 11 is 0. The number of hydrogen-bond acceptors (Lipinski definition) is 5. The lowest BCUT2D eigenvalue weighted by Gasteiger charge is -2.18. The molecule has 0 aromatic carbocycles. The number of unbranched alkanes of at least 4 members (excludes halogenated alkanes) is 29. The summed E-state index contributed by atoms with van der Waals surface area (Å²) < 4.78 is 17.5. The van der Waals surface area contributed by atoms with E-state index in [1.165, 1.54) is 154 Å². The van der Waals surface area contributed by atoms with Gasteiger partial charge in [0.05, 0.1) is 6.61 Å². The highest BCUT2D eigenvalue weighted by molar-refractivity contribution is 5.70. The van der Waals surface area contributed by atoms with Crippen molar-refractivity contribution in [1.82, 2.24) is 0 Å². The van der Waals surface area contributed by atoms with Gasteiger partial charge in [0.2, 0.25) is 0 Å². The molecule has 0 spiro atoms. The molecule has 0 aromatic heterocycles. The Hall–Kier alpha value is -3.18.